The fourth-order valence-electron chi connectivity index (χ4n) is 3.36. The molecule has 0 amide bonds. The smallest absolute Gasteiger partial charge is 0.277 e. The number of halogens is 1. The highest BCUT2D eigenvalue weighted by molar-refractivity contribution is 9.10. The Morgan fingerprint density at radius 2 is 1.80 bits per heavy atom. The van der Waals surface area contributed by atoms with Crippen LogP contribution in [0.25, 0.3) is 28.2 Å². The Labute approximate surface area is 179 Å². The van der Waals surface area contributed by atoms with E-state index in [0.717, 1.165) is 26.9 Å². The summed E-state index contributed by atoms with van der Waals surface area (Å²) in [6.45, 7) is 2.20. The predicted molar refractivity (Wildman–Crippen MR) is 116 cm³/mol. The van der Waals surface area contributed by atoms with Gasteiger partial charge in [-0.1, -0.05) is 57.5 Å². The van der Waals surface area contributed by atoms with Crippen molar-refractivity contribution in [3.63, 3.8) is 0 Å². The van der Waals surface area contributed by atoms with E-state index in [1.165, 1.54) is 4.57 Å². The molecule has 0 atom stereocenters. The van der Waals surface area contributed by atoms with Crippen molar-refractivity contribution in [2.75, 3.05) is 0 Å². The van der Waals surface area contributed by atoms with Gasteiger partial charge in [-0.05, 0) is 30.7 Å². The van der Waals surface area contributed by atoms with E-state index in [0.29, 0.717) is 17.2 Å². The van der Waals surface area contributed by atoms with Crippen molar-refractivity contribution in [1.29, 1.82) is 0 Å². The van der Waals surface area contributed by atoms with Crippen LogP contribution in [0.4, 0.5) is 0 Å². The molecule has 0 aliphatic carbocycles. The Balaban J connectivity index is 1.49. The van der Waals surface area contributed by atoms with E-state index < -0.39 is 0 Å². The molecule has 0 saturated carbocycles. The summed E-state index contributed by atoms with van der Waals surface area (Å²) in [7, 11) is 0. The first-order valence-corrected chi connectivity index (χ1v) is 10.1. The number of rotatable bonds is 4. The van der Waals surface area contributed by atoms with Crippen LogP contribution < -0.4 is 5.56 Å². The van der Waals surface area contributed by atoms with Gasteiger partial charge in [0.1, 0.15) is 12.1 Å². The predicted octanol–water partition coefficient (Wildman–Crippen LogP) is 4.33. The molecule has 0 saturated heterocycles. The molecule has 7 nitrogen and oxygen atoms in total. The second kappa shape index (κ2) is 7.38. The standard InChI is InChI=1S/C22H16BrN5O2/c1-14-6-2-3-7-15(14)18-12-19-22(29)27(10-11-28(19)25-18)13-20-24-21(26-30-20)16-8-4-5-9-17(16)23/h2-12H,13H2,1H3. The lowest BCUT2D eigenvalue weighted by molar-refractivity contribution is 0.370. The lowest BCUT2D eigenvalue weighted by Crippen LogP contribution is -2.21. The maximum Gasteiger partial charge on any atom is 0.277 e. The van der Waals surface area contributed by atoms with Crippen LogP contribution in [0, 0.1) is 6.92 Å². The molecule has 3 aromatic heterocycles. The SMILES string of the molecule is Cc1ccccc1-c1cc2c(=O)n(Cc3nc(-c4ccccc4Br)no3)ccn2n1. The quantitative estimate of drug-likeness (QED) is 0.397. The highest BCUT2D eigenvalue weighted by Crippen LogP contribution is 2.25. The maximum absolute atomic E-state index is 13.0. The van der Waals surface area contributed by atoms with E-state index in [4.69, 9.17) is 4.52 Å². The van der Waals surface area contributed by atoms with E-state index in [9.17, 15) is 4.79 Å². The third-order valence-electron chi connectivity index (χ3n) is 4.91. The molecule has 148 valence electrons. The molecule has 0 aliphatic heterocycles. The van der Waals surface area contributed by atoms with Crippen LogP contribution in [-0.2, 0) is 6.54 Å². The third-order valence-corrected chi connectivity index (χ3v) is 5.60. The summed E-state index contributed by atoms with van der Waals surface area (Å²) in [6.07, 6.45) is 3.43. The Morgan fingerprint density at radius 1 is 1.03 bits per heavy atom. The summed E-state index contributed by atoms with van der Waals surface area (Å²) in [5.41, 5.74) is 4.01. The second-order valence-electron chi connectivity index (χ2n) is 6.90. The highest BCUT2D eigenvalue weighted by atomic mass is 79.9. The van der Waals surface area contributed by atoms with E-state index in [1.807, 2.05) is 61.5 Å². The summed E-state index contributed by atoms with van der Waals surface area (Å²) in [5, 5.41) is 8.59. The zero-order valence-corrected chi connectivity index (χ0v) is 17.6. The molecule has 0 radical (unpaired) electrons. The normalized spacial score (nSPS) is 11.3. The molecule has 0 aliphatic rings. The van der Waals surface area contributed by atoms with Crippen LogP contribution in [-0.4, -0.2) is 24.3 Å². The molecule has 8 heteroatoms. The van der Waals surface area contributed by atoms with Crippen LogP contribution in [0.5, 0.6) is 0 Å². The van der Waals surface area contributed by atoms with Gasteiger partial charge in [0.2, 0.25) is 11.7 Å². The average Bonchev–Trinajstić information content (AvgIpc) is 3.38. The molecule has 5 rings (SSSR count). The van der Waals surface area contributed by atoms with Crippen LogP contribution in [0.2, 0.25) is 0 Å². The Kier molecular flexibility index (Phi) is 4.55. The molecule has 2 aromatic carbocycles. The number of aryl methyl sites for hydroxylation is 1. The Hall–Kier alpha value is -3.52. The van der Waals surface area contributed by atoms with Gasteiger partial charge in [0.05, 0.1) is 5.69 Å². The van der Waals surface area contributed by atoms with Crippen LogP contribution in [0.1, 0.15) is 11.5 Å². The van der Waals surface area contributed by atoms with Gasteiger partial charge < -0.3 is 9.09 Å². The fourth-order valence-corrected chi connectivity index (χ4v) is 3.82. The van der Waals surface area contributed by atoms with Gasteiger partial charge >= 0.3 is 0 Å². The topological polar surface area (TPSA) is 78.2 Å². The zero-order chi connectivity index (χ0) is 20.7. The lowest BCUT2D eigenvalue weighted by atomic mass is 10.1. The Morgan fingerprint density at radius 3 is 2.60 bits per heavy atom. The summed E-state index contributed by atoms with van der Waals surface area (Å²) in [6, 6.07) is 17.4. The van der Waals surface area contributed by atoms with E-state index in [2.05, 4.69) is 31.2 Å². The molecule has 0 N–H and O–H groups in total. The van der Waals surface area contributed by atoms with Gasteiger partial charge in [-0.3, -0.25) is 4.79 Å². The summed E-state index contributed by atoms with van der Waals surface area (Å²) >= 11 is 3.49. The van der Waals surface area contributed by atoms with Gasteiger partial charge in [0.15, 0.2) is 0 Å². The van der Waals surface area contributed by atoms with Crippen molar-refractivity contribution in [2.24, 2.45) is 0 Å². The molecule has 3 heterocycles. The lowest BCUT2D eigenvalue weighted by Gasteiger charge is -2.02. The second-order valence-corrected chi connectivity index (χ2v) is 7.75. The molecule has 30 heavy (non-hydrogen) atoms. The van der Waals surface area contributed by atoms with Crippen LogP contribution in [0.15, 0.2) is 80.8 Å². The van der Waals surface area contributed by atoms with Crippen molar-refractivity contribution >= 4 is 21.4 Å². The molecule has 0 spiro atoms. The number of nitrogens with zero attached hydrogens (tertiary/aromatic N) is 5. The minimum atomic E-state index is -0.175. The summed E-state index contributed by atoms with van der Waals surface area (Å²) in [4.78, 5) is 17.4. The fraction of sp³-hybridized carbons (Fsp3) is 0.0909. The number of aromatic nitrogens is 5. The van der Waals surface area contributed by atoms with Crippen LogP contribution >= 0.6 is 15.9 Å². The molecule has 0 fully saturated rings. The first-order valence-electron chi connectivity index (χ1n) is 9.32. The van der Waals surface area contributed by atoms with Gasteiger partial charge in [0.25, 0.3) is 5.56 Å². The van der Waals surface area contributed by atoms with E-state index >= 15 is 0 Å². The third kappa shape index (κ3) is 3.25. The Bertz CT molecular complexity index is 1430. The number of benzene rings is 2. The number of hydrogen-bond acceptors (Lipinski definition) is 5. The first-order chi connectivity index (χ1) is 14.6. The molecular weight excluding hydrogens is 446 g/mol. The molecule has 0 bridgehead atoms. The monoisotopic (exact) mass is 461 g/mol. The van der Waals surface area contributed by atoms with Gasteiger partial charge in [-0.2, -0.15) is 10.1 Å². The minimum absolute atomic E-state index is 0.175. The van der Waals surface area contributed by atoms with Crippen LogP contribution in [0.3, 0.4) is 0 Å². The molecule has 5 aromatic rings. The number of hydrogen-bond donors (Lipinski definition) is 0. The van der Waals surface area contributed by atoms with Crippen molar-refractivity contribution in [1.82, 2.24) is 24.3 Å². The minimum Gasteiger partial charge on any atom is -0.337 e. The van der Waals surface area contributed by atoms with E-state index in [1.54, 1.807) is 16.9 Å². The highest BCUT2D eigenvalue weighted by Gasteiger charge is 2.14. The van der Waals surface area contributed by atoms with Crippen molar-refractivity contribution in [3.05, 3.63) is 93.3 Å². The summed E-state index contributed by atoms with van der Waals surface area (Å²) < 4.78 is 9.38. The molecule has 0 unspecified atom stereocenters. The van der Waals surface area contributed by atoms with Gasteiger partial charge in [-0.15, -0.1) is 0 Å². The maximum atomic E-state index is 13.0. The van der Waals surface area contributed by atoms with Gasteiger partial charge in [-0.25, -0.2) is 4.52 Å². The molecular formula is C22H16BrN5O2. The summed E-state index contributed by atoms with van der Waals surface area (Å²) in [5.74, 6) is 0.823. The van der Waals surface area contributed by atoms with Crippen molar-refractivity contribution < 1.29 is 4.52 Å². The van der Waals surface area contributed by atoms with Crippen molar-refractivity contribution in [3.8, 4) is 22.6 Å². The average molecular weight is 462 g/mol. The first kappa shape index (κ1) is 18.5. The van der Waals surface area contributed by atoms with Crippen molar-refractivity contribution in [2.45, 2.75) is 13.5 Å². The number of fused-ring (bicyclic) bond motifs is 1. The zero-order valence-electron chi connectivity index (χ0n) is 16.0. The van der Waals surface area contributed by atoms with Gasteiger partial charge in [0, 0.05) is 28.0 Å². The van der Waals surface area contributed by atoms with E-state index in [-0.39, 0.29) is 12.1 Å². The largest absolute Gasteiger partial charge is 0.337 e.